The summed E-state index contributed by atoms with van der Waals surface area (Å²) in [5.41, 5.74) is 1.07. The zero-order chi connectivity index (χ0) is 16.1. The van der Waals surface area contributed by atoms with E-state index in [1.165, 1.54) is 6.20 Å². The lowest BCUT2D eigenvalue weighted by Gasteiger charge is -2.07. The Balaban J connectivity index is 0.00000208. The molecule has 1 amide bonds. The van der Waals surface area contributed by atoms with Crippen molar-refractivity contribution in [2.24, 2.45) is 0 Å². The molecule has 1 N–H and O–H groups in total. The van der Waals surface area contributed by atoms with E-state index >= 15 is 0 Å². The molecule has 0 radical (unpaired) electrons. The molecule has 3 aromatic rings. The van der Waals surface area contributed by atoms with Crippen LogP contribution in [0.3, 0.4) is 0 Å². The van der Waals surface area contributed by atoms with Gasteiger partial charge >= 0.3 is 0 Å². The number of hydrogen-bond donors (Lipinski definition) is 1. The van der Waals surface area contributed by atoms with E-state index in [9.17, 15) is 4.79 Å². The Kier molecular flexibility index (Phi) is 4.24. The molecule has 0 aliphatic heterocycles. The van der Waals surface area contributed by atoms with Crippen LogP contribution in [0.25, 0.3) is 0 Å². The zero-order valence-electron chi connectivity index (χ0n) is 12.4. The Morgan fingerprint density at radius 3 is 2.83 bits per heavy atom. The Labute approximate surface area is 134 Å². The van der Waals surface area contributed by atoms with E-state index in [1.807, 2.05) is 19.1 Å². The van der Waals surface area contributed by atoms with E-state index in [2.05, 4.69) is 20.3 Å². The molecule has 3 rings (SSSR count). The van der Waals surface area contributed by atoms with Crippen molar-refractivity contribution < 1.29 is 11.0 Å². The Morgan fingerprint density at radius 1 is 1.13 bits per heavy atom. The highest BCUT2D eigenvalue weighted by Gasteiger charge is 2.10. The average Bonchev–Trinajstić information content (AvgIpc) is 2.56. The van der Waals surface area contributed by atoms with Crippen LogP contribution in [-0.4, -0.2) is 20.9 Å². The van der Waals surface area contributed by atoms with Gasteiger partial charge in [0.15, 0.2) is 0 Å². The third-order valence-corrected chi connectivity index (χ3v) is 2.96. The number of nitrogens with one attached hydrogen (secondary N) is 1. The number of carbonyl (C=O) groups is 1. The highest BCUT2D eigenvalue weighted by Crippen LogP contribution is 2.20. The normalized spacial score (nSPS) is 10.1. The molecule has 23 heavy (non-hydrogen) atoms. The largest absolute Gasteiger partial charge is 0.456 e. The third-order valence-electron chi connectivity index (χ3n) is 2.96. The predicted molar refractivity (Wildman–Crippen MR) is 87.6 cm³/mol. The van der Waals surface area contributed by atoms with Crippen molar-refractivity contribution >= 4 is 11.7 Å². The van der Waals surface area contributed by atoms with Crippen LogP contribution in [0.4, 0.5) is 5.82 Å². The van der Waals surface area contributed by atoms with Gasteiger partial charge in [0.25, 0.3) is 5.91 Å². The molecule has 0 saturated heterocycles. The molecule has 0 aliphatic carbocycles. The summed E-state index contributed by atoms with van der Waals surface area (Å²) in [5, 5.41) is 2.71. The van der Waals surface area contributed by atoms with Crippen LogP contribution >= 0.6 is 0 Å². The van der Waals surface area contributed by atoms with Gasteiger partial charge in [-0.25, -0.2) is 4.98 Å². The van der Waals surface area contributed by atoms with Gasteiger partial charge in [-0.15, -0.1) is 0 Å². The van der Waals surface area contributed by atoms with Crippen LogP contribution in [0.2, 0.25) is 0 Å². The molecule has 0 fully saturated rings. The minimum absolute atomic E-state index is 0. The van der Waals surface area contributed by atoms with Crippen LogP contribution < -0.4 is 10.1 Å². The maximum absolute atomic E-state index is 12.2. The molecule has 0 unspecified atom stereocenters. The highest BCUT2D eigenvalue weighted by atomic mass is 16.5. The first-order valence-corrected chi connectivity index (χ1v) is 7.00. The van der Waals surface area contributed by atoms with Gasteiger partial charge in [-0.2, -0.15) is 0 Å². The molecule has 6 heteroatoms. The second-order valence-corrected chi connectivity index (χ2v) is 4.79. The first kappa shape index (κ1) is 14.6. The molecule has 0 aliphatic rings. The summed E-state index contributed by atoms with van der Waals surface area (Å²) in [4.78, 5) is 24.5. The number of nitrogens with zero attached hydrogens (tertiary/aromatic N) is 3. The van der Waals surface area contributed by atoms with Gasteiger partial charge in [-0.1, -0.05) is 6.07 Å². The van der Waals surface area contributed by atoms with Crippen molar-refractivity contribution in [3.63, 3.8) is 0 Å². The summed E-state index contributed by atoms with van der Waals surface area (Å²) in [5.74, 6) is 1.23. The minimum atomic E-state index is -0.347. The van der Waals surface area contributed by atoms with Gasteiger partial charge in [-0.3, -0.25) is 14.8 Å². The summed E-state index contributed by atoms with van der Waals surface area (Å²) in [6.45, 7) is 1.86. The van der Waals surface area contributed by atoms with Crippen LogP contribution in [-0.2, 0) is 0 Å². The Hall–Kier alpha value is -3.28. The fourth-order valence-corrected chi connectivity index (χ4v) is 1.94. The lowest BCUT2D eigenvalue weighted by atomic mass is 10.3. The van der Waals surface area contributed by atoms with E-state index in [1.54, 1.807) is 42.7 Å². The molecular formula is C17H16N4O2. The number of rotatable bonds is 4. The fraction of sp³-hybridized carbons (Fsp3) is 0.0588. The average molecular weight is 308 g/mol. The number of carbonyl (C=O) groups excluding carboxylic acids is 1. The minimum Gasteiger partial charge on any atom is -0.456 e. The van der Waals surface area contributed by atoms with Gasteiger partial charge in [0.2, 0.25) is 0 Å². The van der Waals surface area contributed by atoms with Crippen molar-refractivity contribution in [1.82, 2.24) is 15.0 Å². The van der Waals surface area contributed by atoms with Gasteiger partial charge in [0, 0.05) is 25.6 Å². The van der Waals surface area contributed by atoms with E-state index in [0.717, 1.165) is 5.69 Å². The Bertz CT molecular complexity index is 828. The first-order chi connectivity index (χ1) is 11.2. The molecular weight excluding hydrogens is 292 g/mol. The predicted octanol–water partition coefficient (Wildman–Crippen LogP) is 3.47. The molecule has 3 heterocycles. The van der Waals surface area contributed by atoms with E-state index in [0.29, 0.717) is 17.3 Å². The maximum atomic E-state index is 12.2. The number of pyridine rings is 3. The van der Waals surface area contributed by atoms with E-state index in [4.69, 9.17) is 4.74 Å². The number of amides is 1. The van der Waals surface area contributed by atoms with Gasteiger partial charge in [-0.05, 0) is 37.3 Å². The van der Waals surface area contributed by atoms with E-state index in [-0.39, 0.29) is 13.0 Å². The summed E-state index contributed by atoms with van der Waals surface area (Å²) < 4.78 is 5.64. The molecule has 0 saturated carbocycles. The van der Waals surface area contributed by atoms with Crippen molar-refractivity contribution in [1.29, 1.82) is 0 Å². The maximum Gasteiger partial charge on any atom is 0.275 e. The van der Waals surface area contributed by atoms with Crippen molar-refractivity contribution in [2.75, 3.05) is 5.32 Å². The van der Waals surface area contributed by atoms with Crippen molar-refractivity contribution in [3.8, 4) is 11.5 Å². The number of aryl methyl sites for hydroxylation is 1. The summed E-state index contributed by atoms with van der Waals surface area (Å²) >= 11 is 0. The standard InChI is InChI=1S/C17H14N4O2.H2/c1-12-4-2-6-16(20-12)21-17(22)15-10-13(7-9-19-15)23-14-5-3-8-18-11-14;/h2-11H,1H3,(H,20,21,22);1H. The van der Waals surface area contributed by atoms with Gasteiger partial charge in [0.1, 0.15) is 23.0 Å². The van der Waals surface area contributed by atoms with Gasteiger partial charge < -0.3 is 10.1 Å². The lowest BCUT2D eigenvalue weighted by Crippen LogP contribution is -2.14. The topological polar surface area (TPSA) is 77.0 Å². The first-order valence-electron chi connectivity index (χ1n) is 7.00. The molecule has 116 valence electrons. The smallest absolute Gasteiger partial charge is 0.275 e. The fourth-order valence-electron chi connectivity index (χ4n) is 1.94. The van der Waals surface area contributed by atoms with Crippen LogP contribution in [0.5, 0.6) is 11.5 Å². The molecule has 0 bridgehead atoms. The zero-order valence-corrected chi connectivity index (χ0v) is 12.4. The number of hydrogen-bond acceptors (Lipinski definition) is 5. The third kappa shape index (κ3) is 3.88. The summed E-state index contributed by atoms with van der Waals surface area (Å²) in [7, 11) is 0. The van der Waals surface area contributed by atoms with Crippen molar-refractivity contribution in [2.45, 2.75) is 6.92 Å². The molecule has 0 atom stereocenters. The molecule has 6 nitrogen and oxygen atoms in total. The second kappa shape index (κ2) is 6.65. The number of ether oxygens (including phenoxy) is 1. The molecule has 0 aromatic carbocycles. The highest BCUT2D eigenvalue weighted by molar-refractivity contribution is 6.02. The van der Waals surface area contributed by atoms with Crippen LogP contribution in [0.15, 0.2) is 61.1 Å². The van der Waals surface area contributed by atoms with Gasteiger partial charge in [0.05, 0.1) is 6.20 Å². The SMILES string of the molecule is Cc1cccc(NC(=O)c2cc(Oc3cccnc3)ccn2)n1.[HH]. The van der Waals surface area contributed by atoms with Crippen LogP contribution in [0.1, 0.15) is 17.6 Å². The second-order valence-electron chi connectivity index (χ2n) is 4.79. The summed E-state index contributed by atoms with van der Waals surface area (Å²) in [6.07, 6.45) is 4.77. The summed E-state index contributed by atoms with van der Waals surface area (Å²) in [6, 6.07) is 12.2. The number of aromatic nitrogens is 3. The lowest BCUT2D eigenvalue weighted by molar-refractivity contribution is 0.102. The molecule has 3 aromatic heterocycles. The van der Waals surface area contributed by atoms with Crippen molar-refractivity contribution in [3.05, 3.63) is 72.4 Å². The van der Waals surface area contributed by atoms with Crippen LogP contribution in [0, 0.1) is 6.92 Å². The number of anilines is 1. The Morgan fingerprint density at radius 2 is 2.04 bits per heavy atom. The quantitative estimate of drug-likeness (QED) is 0.798. The molecule has 0 spiro atoms. The van der Waals surface area contributed by atoms with E-state index < -0.39 is 0 Å². The monoisotopic (exact) mass is 308 g/mol.